The van der Waals surface area contributed by atoms with E-state index in [0.29, 0.717) is 16.8 Å². The highest BCUT2D eigenvalue weighted by Gasteiger charge is 2.17. The largest absolute Gasteiger partial charge is 0.492 e. The molecular formula is C22H16BrClO5. The van der Waals surface area contributed by atoms with Crippen molar-refractivity contribution in [1.29, 1.82) is 0 Å². The molecule has 0 aliphatic rings. The maximum absolute atomic E-state index is 12.4. The van der Waals surface area contributed by atoms with Crippen molar-refractivity contribution in [3.8, 4) is 11.5 Å². The van der Waals surface area contributed by atoms with Crippen LogP contribution in [0.3, 0.4) is 0 Å². The molecule has 0 fully saturated rings. The Labute approximate surface area is 181 Å². The molecule has 0 unspecified atom stereocenters. The van der Waals surface area contributed by atoms with Gasteiger partial charge < -0.3 is 14.6 Å². The molecule has 5 nitrogen and oxygen atoms in total. The third kappa shape index (κ3) is 5.59. The van der Waals surface area contributed by atoms with Gasteiger partial charge in [-0.2, -0.15) is 0 Å². The van der Waals surface area contributed by atoms with Crippen molar-refractivity contribution in [3.63, 3.8) is 0 Å². The van der Waals surface area contributed by atoms with E-state index in [-0.39, 0.29) is 21.9 Å². The normalized spacial score (nSPS) is 10.4. The number of carbonyl (C=O) groups excluding carboxylic acids is 1. The molecule has 0 amide bonds. The highest BCUT2D eigenvalue weighted by atomic mass is 79.9. The molecule has 29 heavy (non-hydrogen) atoms. The van der Waals surface area contributed by atoms with Crippen molar-refractivity contribution < 1.29 is 24.2 Å². The lowest BCUT2D eigenvalue weighted by atomic mass is 10.2. The van der Waals surface area contributed by atoms with E-state index in [4.69, 9.17) is 21.1 Å². The molecule has 0 bridgehead atoms. The highest BCUT2D eigenvalue weighted by Crippen LogP contribution is 2.28. The van der Waals surface area contributed by atoms with Crippen molar-refractivity contribution in [3.05, 3.63) is 92.9 Å². The number of carboxylic acid groups (broad SMARTS) is 1. The summed E-state index contributed by atoms with van der Waals surface area (Å²) < 4.78 is 11.6. The Hall–Kier alpha value is -2.83. The Kier molecular flexibility index (Phi) is 6.90. The predicted octanol–water partition coefficient (Wildman–Crippen LogP) is 5.64. The van der Waals surface area contributed by atoms with Crippen LogP contribution in [0.15, 0.2) is 71.2 Å². The molecule has 0 saturated carbocycles. The van der Waals surface area contributed by atoms with Gasteiger partial charge in [-0.3, -0.25) is 0 Å². The fourth-order valence-corrected chi connectivity index (χ4v) is 3.25. The molecule has 7 heteroatoms. The van der Waals surface area contributed by atoms with E-state index in [1.807, 2.05) is 30.3 Å². The van der Waals surface area contributed by atoms with Gasteiger partial charge in [-0.1, -0.05) is 41.9 Å². The number of halogens is 2. The van der Waals surface area contributed by atoms with E-state index in [2.05, 4.69) is 15.9 Å². The molecule has 3 aromatic carbocycles. The Morgan fingerprint density at radius 2 is 1.69 bits per heavy atom. The molecule has 0 radical (unpaired) electrons. The Morgan fingerprint density at radius 3 is 2.38 bits per heavy atom. The lowest BCUT2D eigenvalue weighted by Gasteiger charge is -2.11. The van der Waals surface area contributed by atoms with Crippen molar-refractivity contribution in [2.45, 2.75) is 6.42 Å². The van der Waals surface area contributed by atoms with E-state index >= 15 is 0 Å². The van der Waals surface area contributed by atoms with Gasteiger partial charge in [0, 0.05) is 11.4 Å². The number of hydrogen-bond donors (Lipinski definition) is 1. The van der Waals surface area contributed by atoms with Gasteiger partial charge in [0.1, 0.15) is 17.1 Å². The van der Waals surface area contributed by atoms with Gasteiger partial charge in [-0.25, -0.2) is 9.59 Å². The fraction of sp³-hybridized carbons (Fsp3) is 0.0909. The van der Waals surface area contributed by atoms with Crippen LogP contribution < -0.4 is 9.47 Å². The van der Waals surface area contributed by atoms with E-state index in [9.17, 15) is 14.7 Å². The minimum atomic E-state index is -1.24. The Bertz CT molecular complexity index is 1040. The predicted molar refractivity (Wildman–Crippen MR) is 113 cm³/mol. The molecule has 1 N–H and O–H groups in total. The second kappa shape index (κ2) is 9.58. The topological polar surface area (TPSA) is 72.8 Å². The molecule has 148 valence electrons. The number of esters is 1. The van der Waals surface area contributed by atoms with Gasteiger partial charge in [-0.15, -0.1) is 0 Å². The van der Waals surface area contributed by atoms with Crippen LogP contribution in [0.2, 0.25) is 5.02 Å². The quantitative estimate of drug-likeness (QED) is 0.353. The summed E-state index contributed by atoms with van der Waals surface area (Å²) in [6.45, 7) is 0.485. The van der Waals surface area contributed by atoms with Gasteiger partial charge in [0.25, 0.3) is 0 Å². The summed E-state index contributed by atoms with van der Waals surface area (Å²) in [5.41, 5.74) is 1.23. The standard InChI is InChI=1S/C22H16BrClO5/c23-18-12-15(6-8-20(18)28-11-10-14-4-2-1-3-5-14)22(27)29-19-9-7-16(24)13-17(19)21(25)26/h1-9,12-13H,10-11H2,(H,25,26). The smallest absolute Gasteiger partial charge is 0.343 e. The molecule has 0 atom stereocenters. The average molecular weight is 476 g/mol. The van der Waals surface area contributed by atoms with Crippen molar-refractivity contribution in [2.75, 3.05) is 6.61 Å². The highest BCUT2D eigenvalue weighted by molar-refractivity contribution is 9.10. The van der Waals surface area contributed by atoms with Crippen molar-refractivity contribution in [1.82, 2.24) is 0 Å². The van der Waals surface area contributed by atoms with Crippen LogP contribution in [-0.2, 0) is 6.42 Å². The SMILES string of the molecule is O=C(Oc1ccc(Cl)cc1C(=O)O)c1ccc(OCCc2ccccc2)c(Br)c1. The molecule has 0 aliphatic carbocycles. The molecule has 3 aromatic rings. The number of hydrogen-bond acceptors (Lipinski definition) is 4. The zero-order valence-electron chi connectivity index (χ0n) is 15.1. The molecular weight excluding hydrogens is 460 g/mol. The second-order valence-corrected chi connectivity index (χ2v) is 7.36. The van der Waals surface area contributed by atoms with Gasteiger partial charge in [-0.05, 0) is 57.9 Å². The summed E-state index contributed by atoms with van der Waals surface area (Å²) in [6, 6.07) is 18.8. The first-order valence-electron chi connectivity index (χ1n) is 8.65. The van der Waals surface area contributed by atoms with Crippen molar-refractivity contribution in [2.24, 2.45) is 0 Å². The van der Waals surface area contributed by atoms with Gasteiger partial charge in [0.2, 0.25) is 0 Å². The maximum Gasteiger partial charge on any atom is 0.343 e. The summed E-state index contributed by atoms with van der Waals surface area (Å²) in [7, 11) is 0. The van der Waals surface area contributed by atoms with E-state index in [1.165, 1.54) is 23.8 Å². The lowest BCUT2D eigenvalue weighted by Crippen LogP contribution is -2.12. The lowest BCUT2D eigenvalue weighted by molar-refractivity contribution is 0.0681. The van der Waals surface area contributed by atoms with Crippen LogP contribution in [-0.4, -0.2) is 23.7 Å². The number of ether oxygens (including phenoxy) is 2. The van der Waals surface area contributed by atoms with Crippen LogP contribution >= 0.6 is 27.5 Å². The third-order valence-corrected chi connectivity index (χ3v) is 4.89. The molecule has 0 aliphatic heterocycles. The summed E-state index contributed by atoms with van der Waals surface area (Å²) in [5, 5.41) is 9.48. The Morgan fingerprint density at radius 1 is 0.966 bits per heavy atom. The number of aromatic carboxylic acids is 1. The number of carbonyl (C=O) groups is 2. The zero-order valence-corrected chi connectivity index (χ0v) is 17.4. The first kappa shape index (κ1) is 20.9. The molecule has 0 spiro atoms. The third-order valence-electron chi connectivity index (χ3n) is 4.03. The van der Waals surface area contributed by atoms with Gasteiger partial charge in [0.05, 0.1) is 16.6 Å². The first-order valence-corrected chi connectivity index (χ1v) is 9.82. The fourth-order valence-electron chi connectivity index (χ4n) is 2.59. The maximum atomic E-state index is 12.4. The monoisotopic (exact) mass is 474 g/mol. The molecule has 0 saturated heterocycles. The summed E-state index contributed by atoms with van der Waals surface area (Å²) in [5.74, 6) is -1.41. The van der Waals surface area contributed by atoms with Crippen LogP contribution in [0.25, 0.3) is 0 Å². The van der Waals surface area contributed by atoms with E-state index < -0.39 is 11.9 Å². The van der Waals surface area contributed by atoms with E-state index in [0.717, 1.165) is 6.42 Å². The van der Waals surface area contributed by atoms with Gasteiger partial charge >= 0.3 is 11.9 Å². The van der Waals surface area contributed by atoms with Crippen LogP contribution in [0.5, 0.6) is 11.5 Å². The first-order chi connectivity index (χ1) is 13.9. The second-order valence-electron chi connectivity index (χ2n) is 6.06. The van der Waals surface area contributed by atoms with Crippen LogP contribution in [0.4, 0.5) is 0 Å². The van der Waals surface area contributed by atoms with E-state index in [1.54, 1.807) is 18.2 Å². The minimum Gasteiger partial charge on any atom is -0.492 e. The number of rotatable bonds is 7. The van der Waals surface area contributed by atoms with Crippen LogP contribution in [0.1, 0.15) is 26.3 Å². The average Bonchev–Trinajstić information content (AvgIpc) is 2.71. The summed E-state index contributed by atoms with van der Waals surface area (Å²) >= 11 is 9.20. The summed E-state index contributed by atoms with van der Waals surface area (Å²) in [4.78, 5) is 23.7. The van der Waals surface area contributed by atoms with Crippen LogP contribution in [0, 0.1) is 0 Å². The molecule has 3 rings (SSSR count). The van der Waals surface area contributed by atoms with Gasteiger partial charge in [0.15, 0.2) is 0 Å². The van der Waals surface area contributed by atoms with Crippen molar-refractivity contribution >= 4 is 39.5 Å². The number of benzene rings is 3. The molecule has 0 aromatic heterocycles. The summed E-state index contributed by atoms with van der Waals surface area (Å²) in [6.07, 6.45) is 0.756. The number of carboxylic acids is 1. The zero-order chi connectivity index (χ0) is 20.8. The Balaban J connectivity index is 1.66. The minimum absolute atomic E-state index is 0.0776. The molecule has 0 heterocycles.